The molecule has 0 aliphatic rings. The predicted molar refractivity (Wildman–Crippen MR) is 58.8 cm³/mol. The standard InChI is InChI=1S/C8H10N4S2/c1-5(7-3-13-6(2)11-7)10-8-12-9-4-14-8/h3-5H,1-2H3,(H,10,12). The highest BCUT2D eigenvalue weighted by molar-refractivity contribution is 7.13. The van der Waals surface area contributed by atoms with Gasteiger partial charge in [0.15, 0.2) is 0 Å². The van der Waals surface area contributed by atoms with Crippen molar-refractivity contribution >= 4 is 27.8 Å². The molecule has 4 nitrogen and oxygen atoms in total. The van der Waals surface area contributed by atoms with Gasteiger partial charge in [0.05, 0.1) is 16.7 Å². The fourth-order valence-corrected chi connectivity index (χ4v) is 2.31. The maximum atomic E-state index is 4.40. The molecule has 0 aromatic carbocycles. The molecule has 0 aliphatic heterocycles. The summed E-state index contributed by atoms with van der Waals surface area (Å²) in [5.74, 6) is 0. The van der Waals surface area contributed by atoms with Gasteiger partial charge in [0, 0.05) is 5.38 Å². The number of rotatable bonds is 3. The Morgan fingerprint density at radius 2 is 2.29 bits per heavy atom. The number of hydrogen-bond acceptors (Lipinski definition) is 6. The van der Waals surface area contributed by atoms with E-state index in [2.05, 4.69) is 32.8 Å². The highest BCUT2D eigenvalue weighted by Crippen LogP contribution is 2.21. The summed E-state index contributed by atoms with van der Waals surface area (Å²) in [4.78, 5) is 4.40. The lowest BCUT2D eigenvalue weighted by molar-refractivity contribution is 0.838. The van der Waals surface area contributed by atoms with E-state index in [1.807, 2.05) is 6.92 Å². The van der Waals surface area contributed by atoms with Gasteiger partial charge in [0.1, 0.15) is 5.51 Å². The summed E-state index contributed by atoms with van der Waals surface area (Å²) in [5.41, 5.74) is 2.77. The average Bonchev–Trinajstić information content (AvgIpc) is 2.75. The van der Waals surface area contributed by atoms with Crippen molar-refractivity contribution in [2.75, 3.05) is 5.32 Å². The average molecular weight is 226 g/mol. The number of nitrogens with one attached hydrogen (secondary N) is 1. The minimum Gasteiger partial charge on any atom is -0.352 e. The Bertz CT molecular complexity index is 395. The molecule has 2 heterocycles. The van der Waals surface area contributed by atoms with Gasteiger partial charge in [-0.25, -0.2) is 4.98 Å². The Morgan fingerprint density at radius 3 is 2.86 bits per heavy atom. The highest BCUT2D eigenvalue weighted by Gasteiger charge is 2.09. The number of anilines is 1. The molecule has 2 aromatic heterocycles. The van der Waals surface area contributed by atoms with Crippen molar-refractivity contribution in [1.29, 1.82) is 0 Å². The SMILES string of the molecule is Cc1nc(C(C)Nc2nncs2)cs1. The molecule has 6 heteroatoms. The molecule has 0 amide bonds. The molecule has 0 saturated heterocycles. The highest BCUT2D eigenvalue weighted by atomic mass is 32.1. The van der Waals surface area contributed by atoms with Crippen LogP contribution in [-0.4, -0.2) is 15.2 Å². The summed E-state index contributed by atoms with van der Waals surface area (Å²) in [5, 5.41) is 14.9. The van der Waals surface area contributed by atoms with Crippen LogP contribution in [-0.2, 0) is 0 Å². The van der Waals surface area contributed by atoms with Crippen molar-refractivity contribution in [3.63, 3.8) is 0 Å². The Morgan fingerprint density at radius 1 is 1.43 bits per heavy atom. The van der Waals surface area contributed by atoms with E-state index in [9.17, 15) is 0 Å². The van der Waals surface area contributed by atoms with Crippen LogP contribution >= 0.6 is 22.7 Å². The van der Waals surface area contributed by atoms with E-state index >= 15 is 0 Å². The quantitative estimate of drug-likeness (QED) is 0.873. The zero-order valence-electron chi connectivity index (χ0n) is 7.89. The zero-order chi connectivity index (χ0) is 9.97. The number of aryl methyl sites for hydroxylation is 1. The van der Waals surface area contributed by atoms with Crippen LogP contribution in [0.1, 0.15) is 23.7 Å². The molecule has 0 bridgehead atoms. The van der Waals surface area contributed by atoms with Crippen LogP contribution in [0, 0.1) is 6.92 Å². The molecule has 0 aliphatic carbocycles. The van der Waals surface area contributed by atoms with Crippen molar-refractivity contribution < 1.29 is 0 Å². The molecular formula is C8H10N4S2. The second-order valence-electron chi connectivity index (χ2n) is 2.90. The number of thiazole rings is 1. The molecule has 1 N–H and O–H groups in total. The van der Waals surface area contributed by atoms with Gasteiger partial charge in [-0.2, -0.15) is 0 Å². The molecule has 2 rings (SSSR count). The van der Waals surface area contributed by atoms with Crippen molar-refractivity contribution in [2.45, 2.75) is 19.9 Å². The van der Waals surface area contributed by atoms with Gasteiger partial charge < -0.3 is 5.32 Å². The first kappa shape index (κ1) is 9.54. The van der Waals surface area contributed by atoms with E-state index in [0.717, 1.165) is 15.8 Å². The van der Waals surface area contributed by atoms with E-state index in [1.165, 1.54) is 11.3 Å². The zero-order valence-corrected chi connectivity index (χ0v) is 9.52. The van der Waals surface area contributed by atoms with Gasteiger partial charge in [-0.3, -0.25) is 0 Å². The Labute approximate surface area is 90.0 Å². The van der Waals surface area contributed by atoms with Crippen molar-refractivity contribution in [1.82, 2.24) is 15.2 Å². The van der Waals surface area contributed by atoms with E-state index < -0.39 is 0 Å². The molecule has 74 valence electrons. The summed E-state index contributed by atoms with van der Waals surface area (Å²) in [7, 11) is 0. The summed E-state index contributed by atoms with van der Waals surface area (Å²) in [6.45, 7) is 4.07. The van der Waals surface area contributed by atoms with Gasteiger partial charge in [0.25, 0.3) is 0 Å². The second-order valence-corrected chi connectivity index (χ2v) is 4.80. The molecule has 0 fully saturated rings. The van der Waals surface area contributed by atoms with Crippen LogP contribution in [0.2, 0.25) is 0 Å². The lowest BCUT2D eigenvalue weighted by Crippen LogP contribution is -2.06. The van der Waals surface area contributed by atoms with Crippen LogP contribution in [0.5, 0.6) is 0 Å². The summed E-state index contributed by atoms with van der Waals surface area (Å²) in [6, 6.07) is 0.188. The molecule has 2 aromatic rings. The summed E-state index contributed by atoms with van der Waals surface area (Å²) in [6.07, 6.45) is 0. The van der Waals surface area contributed by atoms with Crippen LogP contribution < -0.4 is 5.32 Å². The van der Waals surface area contributed by atoms with Gasteiger partial charge in [-0.05, 0) is 13.8 Å². The molecule has 1 unspecified atom stereocenters. The number of aromatic nitrogens is 3. The third-order valence-electron chi connectivity index (χ3n) is 1.78. The normalized spacial score (nSPS) is 12.7. The first-order valence-electron chi connectivity index (χ1n) is 4.20. The summed E-state index contributed by atoms with van der Waals surface area (Å²) < 4.78 is 0. The third kappa shape index (κ3) is 2.08. The minimum absolute atomic E-state index is 0.188. The smallest absolute Gasteiger partial charge is 0.205 e. The topological polar surface area (TPSA) is 50.7 Å². The Kier molecular flexibility index (Phi) is 2.74. The summed E-state index contributed by atoms with van der Waals surface area (Å²) >= 11 is 3.16. The fraction of sp³-hybridized carbons (Fsp3) is 0.375. The Hall–Kier alpha value is -1.01. The third-order valence-corrected chi connectivity index (χ3v) is 3.19. The van der Waals surface area contributed by atoms with Crippen molar-refractivity contribution in [3.8, 4) is 0 Å². The van der Waals surface area contributed by atoms with Crippen LogP contribution in [0.3, 0.4) is 0 Å². The minimum atomic E-state index is 0.188. The molecule has 1 atom stereocenters. The van der Waals surface area contributed by atoms with E-state index in [1.54, 1.807) is 16.8 Å². The van der Waals surface area contributed by atoms with Gasteiger partial charge in [0.2, 0.25) is 5.13 Å². The molecule has 0 radical (unpaired) electrons. The number of nitrogens with zero attached hydrogens (tertiary/aromatic N) is 3. The van der Waals surface area contributed by atoms with Gasteiger partial charge in [-0.1, -0.05) is 11.3 Å². The van der Waals surface area contributed by atoms with Crippen molar-refractivity contribution in [2.24, 2.45) is 0 Å². The van der Waals surface area contributed by atoms with E-state index in [-0.39, 0.29) is 6.04 Å². The van der Waals surface area contributed by atoms with Crippen LogP contribution in [0.25, 0.3) is 0 Å². The van der Waals surface area contributed by atoms with Gasteiger partial charge >= 0.3 is 0 Å². The molecule has 14 heavy (non-hydrogen) atoms. The molecule has 0 spiro atoms. The predicted octanol–water partition coefficient (Wildman–Crippen LogP) is 2.48. The second kappa shape index (κ2) is 4.02. The number of hydrogen-bond donors (Lipinski definition) is 1. The first-order chi connectivity index (χ1) is 6.75. The Balaban J connectivity index is 2.06. The van der Waals surface area contributed by atoms with E-state index in [4.69, 9.17) is 0 Å². The lowest BCUT2D eigenvalue weighted by Gasteiger charge is -2.08. The fourth-order valence-electron chi connectivity index (χ4n) is 1.07. The van der Waals surface area contributed by atoms with E-state index in [0.29, 0.717) is 0 Å². The maximum Gasteiger partial charge on any atom is 0.205 e. The van der Waals surface area contributed by atoms with Gasteiger partial charge in [-0.15, -0.1) is 21.5 Å². The van der Waals surface area contributed by atoms with Crippen molar-refractivity contribution in [3.05, 3.63) is 21.6 Å². The first-order valence-corrected chi connectivity index (χ1v) is 5.96. The molecular weight excluding hydrogens is 216 g/mol. The monoisotopic (exact) mass is 226 g/mol. The van der Waals surface area contributed by atoms with Crippen LogP contribution in [0.4, 0.5) is 5.13 Å². The largest absolute Gasteiger partial charge is 0.352 e. The maximum absolute atomic E-state index is 4.40. The lowest BCUT2D eigenvalue weighted by atomic mass is 10.3. The molecule has 0 saturated carbocycles. The van der Waals surface area contributed by atoms with Crippen LogP contribution in [0.15, 0.2) is 10.9 Å².